The number of halogens is 2. The topological polar surface area (TPSA) is 205 Å². The molecule has 6 aliphatic rings. The van der Waals surface area contributed by atoms with E-state index < -0.39 is 47.7 Å². The molecule has 3 N–H and O–H groups in total. The van der Waals surface area contributed by atoms with E-state index in [-0.39, 0.29) is 71.2 Å². The van der Waals surface area contributed by atoms with Crippen molar-refractivity contribution in [3.05, 3.63) is 65.2 Å². The summed E-state index contributed by atoms with van der Waals surface area (Å²) in [6.45, 7) is 2.98. The Morgan fingerprint density at radius 3 is 2.48 bits per heavy atom. The van der Waals surface area contributed by atoms with Crippen LogP contribution in [-0.2, 0) is 19.1 Å². The molecule has 0 spiro atoms. The zero-order valence-corrected chi connectivity index (χ0v) is 33.7. The number of nitrogens with zero attached hydrogens (tertiary/aromatic N) is 8. The van der Waals surface area contributed by atoms with E-state index >= 15 is 0 Å². The molecular formula is C42H45F2N11O7. The number of nitrogens with one attached hydrogen (secondary N) is 3. The van der Waals surface area contributed by atoms with Crippen molar-refractivity contribution in [3.63, 3.8) is 0 Å². The number of hydrogen-bond donors (Lipinski definition) is 3. The number of ether oxygens (including phenoxy) is 1. The molecule has 18 nitrogen and oxygen atoms in total. The summed E-state index contributed by atoms with van der Waals surface area (Å²) in [5.74, 6) is -2.08. The van der Waals surface area contributed by atoms with E-state index in [1.807, 2.05) is 11.0 Å². The van der Waals surface area contributed by atoms with Crippen molar-refractivity contribution in [3.8, 4) is 0 Å². The lowest BCUT2D eigenvalue weighted by atomic mass is 9.84. The third-order valence-corrected chi connectivity index (χ3v) is 13.4. The highest BCUT2D eigenvalue weighted by molar-refractivity contribution is 6.25. The molecular weight excluding hydrogens is 809 g/mol. The molecule has 2 bridgehead atoms. The predicted octanol–water partition coefficient (Wildman–Crippen LogP) is 3.58. The fourth-order valence-electron chi connectivity index (χ4n) is 10.0. The number of carbonyl (C=O) groups excluding carboxylic acids is 6. The van der Waals surface area contributed by atoms with Crippen LogP contribution in [0.2, 0.25) is 0 Å². The predicted molar refractivity (Wildman–Crippen MR) is 216 cm³/mol. The van der Waals surface area contributed by atoms with E-state index in [0.29, 0.717) is 75.6 Å². The van der Waals surface area contributed by atoms with E-state index in [1.54, 1.807) is 24.4 Å². The molecule has 2 unspecified atom stereocenters. The van der Waals surface area contributed by atoms with E-state index in [1.165, 1.54) is 21.6 Å². The van der Waals surface area contributed by atoms with Gasteiger partial charge in [0.15, 0.2) is 11.3 Å². The average Bonchev–Trinajstić information content (AvgIpc) is 4.13. The highest BCUT2D eigenvalue weighted by atomic mass is 19.3. The number of alkyl halides is 2. The first-order valence-corrected chi connectivity index (χ1v) is 21.3. The van der Waals surface area contributed by atoms with Crippen LogP contribution in [0.3, 0.4) is 0 Å². The molecule has 5 aliphatic heterocycles. The minimum atomic E-state index is -2.93. The summed E-state index contributed by atoms with van der Waals surface area (Å²) in [6, 6.07) is 5.75. The van der Waals surface area contributed by atoms with Crippen molar-refractivity contribution in [1.29, 1.82) is 0 Å². The Bertz CT molecular complexity index is 2490. The van der Waals surface area contributed by atoms with Crippen LogP contribution in [0, 0.1) is 11.8 Å². The van der Waals surface area contributed by atoms with Crippen molar-refractivity contribution >= 4 is 58.3 Å². The van der Waals surface area contributed by atoms with Crippen molar-refractivity contribution in [1.82, 2.24) is 39.5 Å². The van der Waals surface area contributed by atoms with Gasteiger partial charge in [-0.3, -0.25) is 43.7 Å². The van der Waals surface area contributed by atoms with Crippen molar-refractivity contribution < 1.29 is 42.3 Å². The summed E-state index contributed by atoms with van der Waals surface area (Å²) < 4.78 is 37.3. The van der Waals surface area contributed by atoms with Crippen LogP contribution in [-0.4, -0.2) is 121 Å². The number of likely N-dealkylation sites (tertiary alicyclic amines) is 1. The Kier molecular flexibility index (Phi) is 10.2. The monoisotopic (exact) mass is 853 g/mol. The smallest absolute Gasteiger partial charge is 0.284 e. The molecule has 6 amide bonds. The van der Waals surface area contributed by atoms with E-state index in [2.05, 4.69) is 31.0 Å². The summed E-state index contributed by atoms with van der Waals surface area (Å²) in [5.41, 5.74) is 0.758. The zero-order valence-electron chi connectivity index (χ0n) is 33.7. The lowest BCUT2D eigenvalue weighted by Gasteiger charge is -2.36. The molecule has 3 atom stereocenters. The van der Waals surface area contributed by atoms with Gasteiger partial charge < -0.3 is 25.2 Å². The fourth-order valence-corrected chi connectivity index (χ4v) is 10.0. The highest BCUT2D eigenvalue weighted by Crippen LogP contribution is 2.38. The quantitative estimate of drug-likeness (QED) is 0.196. The number of morpholine rings is 1. The number of piperidine rings is 2. The normalized spacial score (nSPS) is 25.3. The van der Waals surface area contributed by atoms with Crippen LogP contribution in [0.15, 0.2) is 42.9 Å². The lowest BCUT2D eigenvalue weighted by molar-refractivity contribution is -0.138. The maximum absolute atomic E-state index is 14.3. The Balaban J connectivity index is 0.720. The number of anilines is 3. The largest absolute Gasteiger partial charge is 0.384 e. The van der Waals surface area contributed by atoms with Crippen LogP contribution in [0.1, 0.15) is 107 Å². The second kappa shape index (κ2) is 15.9. The molecule has 1 aliphatic carbocycles. The van der Waals surface area contributed by atoms with Gasteiger partial charge in [0.1, 0.15) is 17.4 Å². The number of rotatable bonds is 10. The van der Waals surface area contributed by atoms with Crippen LogP contribution in [0.25, 0.3) is 5.65 Å². The lowest BCUT2D eigenvalue weighted by Crippen LogP contribution is -2.54. The standard InChI is InChI=1S/C42H45F2N11O7/c43-36(44)35-30(47-38(57)28-18-46-53-15-12-32(48-37(28)53)52-19-26-16-25(52)21-62-26)20-54(50-35)24-6-4-23(5-7-24)40(59)51-13-10-22(11-14-51)17-45-29-3-1-2-27-34(29)42(61)55(41(27)60)31-8-9-33(56)49-39(31)58/h1-3,12,15,18,20,22-26,31,36,45H,4-11,13-14,16-17,19,21H2,(H,47,57)(H,49,56,58)/t23?,24?,25?,26-,31?/m1/s1. The summed E-state index contributed by atoms with van der Waals surface area (Å²) in [4.78, 5) is 87.8. The first-order valence-electron chi connectivity index (χ1n) is 21.3. The fraction of sp³-hybridized carbons (Fsp3) is 0.500. The molecule has 10 rings (SSSR count). The molecule has 1 saturated carbocycles. The Hall–Kier alpha value is -6.31. The van der Waals surface area contributed by atoms with Gasteiger partial charge in [-0.15, -0.1) is 0 Å². The summed E-state index contributed by atoms with van der Waals surface area (Å²) in [5, 5.41) is 16.7. The summed E-state index contributed by atoms with van der Waals surface area (Å²) >= 11 is 0. The molecule has 0 radical (unpaired) electrons. The van der Waals surface area contributed by atoms with Gasteiger partial charge in [-0.25, -0.2) is 18.3 Å². The van der Waals surface area contributed by atoms with Crippen LogP contribution in [0.5, 0.6) is 0 Å². The molecule has 1 aromatic carbocycles. The molecule has 4 aromatic rings. The second-order valence-electron chi connectivity index (χ2n) is 17.1. The first kappa shape index (κ1) is 39.8. The van der Waals surface area contributed by atoms with Gasteiger partial charge >= 0.3 is 0 Å². The van der Waals surface area contributed by atoms with Crippen molar-refractivity contribution in [2.24, 2.45) is 11.8 Å². The summed E-state index contributed by atoms with van der Waals surface area (Å²) in [6.07, 6.45) is 6.53. The van der Waals surface area contributed by atoms with Crippen LogP contribution in [0.4, 0.5) is 26.0 Å². The number of hydrogen-bond acceptors (Lipinski definition) is 12. The minimum absolute atomic E-state index is 0.0409. The van der Waals surface area contributed by atoms with Crippen LogP contribution >= 0.6 is 0 Å². The van der Waals surface area contributed by atoms with E-state index in [4.69, 9.17) is 9.72 Å². The zero-order chi connectivity index (χ0) is 42.8. The maximum Gasteiger partial charge on any atom is 0.284 e. The van der Waals surface area contributed by atoms with Crippen molar-refractivity contribution in [2.75, 3.05) is 48.3 Å². The van der Waals surface area contributed by atoms with Gasteiger partial charge in [0.05, 0.1) is 47.8 Å². The Morgan fingerprint density at radius 2 is 1.76 bits per heavy atom. The number of amides is 6. The van der Waals surface area contributed by atoms with Gasteiger partial charge in [0.25, 0.3) is 24.1 Å². The van der Waals surface area contributed by atoms with Crippen LogP contribution < -0.4 is 20.9 Å². The molecule has 20 heteroatoms. The number of carbonyl (C=O) groups is 6. The van der Waals surface area contributed by atoms with Gasteiger partial charge in [0.2, 0.25) is 17.7 Å². The molecule has 8 heterocycles. The number of benzene rings is 1. The number of fused-ring (bicyclic) bond motifs is 4. The summed E-state index contributed by atoms with van der Waals surface area (Å²) in [7, 11) is 0. The molecule has 324 valence electrons. The Labute approximate surface area is 353 Å². The molecule has 62 heavy (non-hydrogen) atoms. The minimum Gasteiger partial charge on any atom is -0.384 e. The Morgan fingerprint density at radius 1 is 0.952 bits per heavy atom. The third kappa shape index (κ3) is 7.12. The average molecular weight is 854 g/mol. The van der Waals surface area contributed by atoms with Crippen molar-refractivity contribution in [2.45, 2.75) is 88.4 Å². The maximum atomic E-state index is 14.3. The van der Waals surface area contributed by atoms with Gasteiger partial charge in [-0.05, 0) is 75.5 Å². The van der Waals surface area contributed by atoms with E-state index in [0.717, 1.165) is 24.2 Å². The van der Waals surface area contributed by atoms with Gasteiger partial charge in [-0.1, -0.05) is 6.07 Å². The van der Waals surface area contributed by atoms with E-state index in [9.17, 15) is 37.5 Å². The second-order valence-corrected chi connectivity index (χ2v) is 17.1. The molecule has 3 aromatic heterocycles. The third-order valence-electron chi connectivity index (χ3n) is 13.4. The SMILES string of the molecule is O=C1CCC(N2C(=O)c3cccc(NCC4CCN(C(=O)C5CCC(n6cc(NC(=O)c7cnn8ccc(N9C[C@H]%10CC9CO%10)nc78)c(C(F)F)n6)CC5)CC4)c3C2=O)C(=O)N1. The first-order chi connectivity index (χ1) is 30.0. The number of aromatic nitrogens is 5. The van der Waals surface area contributed by atoms with Gasteiger partial charge in [-0.2, -0.15) is 10.2 Å². The highest BCUT2D eigenvalue weighted by Gasteiger charge is 2.46. The number of imide groups is 2. The molecule has 4 saturated heterocycles. The van der Waals surface area contributed by atoms with Gasteiger partial charge in [0, 0.05) is 56.6 Å². The molecule has 5 fully saturated rings.